The highest BCUT2D eigenvalue weighted by Gasteiger charge is 2.18. The van der Waals surface area contributed by atoms with Crippen molar-refractivity contribution in [3.05, 3.63) is 35.4 Å². The van der Waals surface area contributed by atoms with Gasteiger partial charge in [-0.15, -0.1) is 0 Å². The monoisotopic (exact) mass is 257 g/mol. The van der Waals surface area contributed by atoms with E-state index in [4.69, 9.17) is 0 Å². The molecule has 2 unspecified atom stereocenters. The van der Waals surface area contributed by atoms with Crippen LogP contribution in [0.3, 0.4) is 0 Å². The largest absolute Gasteiger partial charge is 0.307 e. The number of halogens is 2. The fourth-order valence-electron chi connectivity index (χ4n) is 2.17. The van der Waals surface area contributed by atoms with Crippen LogP contribution < -0.4 is 5.32 Å². The Bertz CT molecular complexity index is 378. The van der Waals surface area contributed by atoms with Crippen LogP contribution in [-0.4, -0.2) is 17.5 Å². The minimum atomic E-state index is -0.522. The lowest BCUT2D eigenvalue weighted by Crippen LogP contribution is -2.35. The molecule has 2 rings (SSSR count). The highest BCUT2D eigenvalue weighted by atomic mass is 32.2. The summed E-state index contributed by atoms with van der Waals surface area (Å²) >= 11 is 1.93. The normalized spacial score (nSPS) is 22.4. The van der Waals surface area contributed by atoms with Crippen molar-refractivity contribution < 1.29 is 8.78 Å². The lowest BCUT2D eigenvalue weighted by Gasteiger charge is -2.26. The standard InChI is InChI=1S/C13H17F2NS/c1-9(16-11-3-2-6-17-8-11)12-5-4-10(14)7-13(12)15/h4-5,7,9,11,16H,2-3,6,8H2,1H3. The Hall–Kier alpha value is -0.610. The maximum absolute atomic E-state index is 13.6. The van der Waals surface area contributed by atoms with Gasteiger partial charge in [0.1, 0.15) is 11.6 Å². The van der Waals surface area contributed by atoms with Gasteiger partial charge in [0.15, 0.2) is 0 Å². The first-order valence-electron chi connectivity index (χ1n) is 5.95. The van der Waals surface area contributed by atoms with Gasteiger partial charge in [0.2, 0.25) is 0 Å². The fraction of sp³-hybridized carbons (Fsp3) is 0.538. The first kappa shape index (κ1) is 12.8. The molecule has 1 nitrogen and oxygen atoms in total. The van der Waals surface area contributed by atoms with Crippen molar-refractivity contribution in [1.29, 1.82) is 0 Å². The number of rotatable bonds is 3. The summed E-state index contributed by atoms with van der Waals surface area (Å²) in [6, 6.07) is 4.15. The fourth-order valence-corrected chi connectivity index (χ4v) is 3.25. The van der Waals surface area contributed by atoms with Gasteiger partial charge < -0.3 is 5.32 Å². The quantitative estimate of drug-likeness (QED) is 0.889. The predicted octanol–water partition coefficient (Wildman–Crippen LogP) is 3.51. The molecule has 0 aromatic heterocycles. The van der Waals surface area contributed by atoms with E-state index < -0.39 is 11.6 Å². The Morgan fingerprint density at radius 3 is 2.88 bits per heavy atom. The van der Waals surface area contributed by atoms with Crippen molar-refractivity contribution in [2.75, 3.05) is 11.5 Å². The second-order valence-electron chi connectivity index (χ2n) is 4.47. The number of hydrogen-bond acceptors (Lipinski definition) is 2. The zero-order valence-corrected chi connectivity index (χ0v) is 10.7. The van der Waals surface area contributed by atoms with Gasteiger partial charge in [-0.1, -0.05) is 6.07 Å². The van der Waals surface area contributed by atoms with Gasteiger partial charge in [0.25, 0.3) is 0 Å². The zero-order chi connectivity index (χ0) is 12.3. The second-order valence-corrected chi connectivity index (χ2v) is 5.62. The third-order valence-electron chi connectivity index (χ3n) is 3.08. The van der Waals surface area contributed by atoms with E-state index in [1.54, 1.807) is 0 Å². The maximum atomic E-state index is 13.6. The Morgan fingerprint density at radius 1 is 1.41 bits per heavy atom. The van der Waals surface area contributed by atoms with Crippen LogP contribution in [0.4, 0.5) is 8.78 Å². The van der Waals surface area contributed by atoms with Crippen LogP contribution in [0.1, 0.15) is 31.4 Å². The van der Waals surface area contributed by atoms with Crippen LogP contribution in [-0.2, 0) is 0 Å². The lowest BCUT2D eigenvalue weighted by molar-refractivity contribution is 0.439. The molecule has 2 atom stereocenters. The number of thioether (sulfide) groups is 1. The summed E-state index contributed by atoms with van der Waals surface area (Å²) in [6.45, 7) is 1.93. The Labute approximate surface area is 105 Å². The Kier molecular flexibility index (Phi) is 4.40. The van der Waals surface area contributed by atoms with Gasteiger partial charge in [-0.2, -0.15) is 11.8 Å². The van der Waals surface area contributed by atoms with Gasteiger partial charge in [-0.25, -0.2) is 8.78 Å². The van der Waals surface area contributed by atoms with Crippen LogP contribution in [0.2, 0.25) is 0 Å². The first-order valence-corrected chi connectivity index (χ1v) is 7.11. The molecule has 4 heteroatoms. The van der Waals surface area contributed by atoms with Crippen LogP contribution in [0.15, 0.2) is 18.2 Å². The van der Waals surface area contributed by atoms with Crippen LogP contribution >= 0.6 is 11.8 Å². The highest BCUT2D eigenvalue weighted by molar-refractivity contribution is 7.99. The van der Waals surface area contributed by atoms with E-state index in [1.807, 2.05) is 18.7 Å². The molecular weight excluding hydrogens is 240 g/mol. The van der Waals surface area contributed by atoms with Gasteiger partial charge in [0, 0.05) is 29.5 Å². The molecule has 0 radical (unpaired) electrons. The van der Waals surface area contributed by atoms with Crippen molar-refractivity contribution in [1.82, 2.24) is 5.32 Å². The third kappa shape index (κ3) is 3.42. The predicted molar refractivity (Wildman–Crippen MR) is 68.3 cm³/mol. The lowest BCUT2D eigenvalue weighted by atomic mass is 10.1. The molecule has 1 aromatic carbocycles. The highest BCUT2D eigenvalue weighted by Crippen LogP contribution is 2.22. The summed E-state index contributed by atoms with van der Waals surface area (Å²) in [5.74, 6) is 1.31. The average Bonchev–Trinajstić information content (AvgIpc) is 2.30. The van der Waals surface area contributed by atoms with Crippen molar-refractivity contribution >= 4 is 11.8 Å². The van der Waals surface area contributed by atoms with Crippen LogP contribution in [0.25, 0.3) is 0 Å². The van der Waals surface area contributed by atoms with E-state index in [-0.39, 0.29) is 6.04 Å². The van der Waals surface area contributed by atoms with E-state index in [0.29, 0.717) is 11.6 Å². The molecular formula is C13H17F2NS. The summed E-state index contributed by atoms with van der Waals surface area (Å²) < 4.78 is 26.4. The van der Waals surface area contributed by atoms with Crippen molar-refractivity contribution in [2.24, 2.45) is 0 Å². The smallest absolute Gasteiger partial charge is 0.130 e. The zero-order valence-electron chi connectivity index (χ0n) is 9.88. The Balaban J connectivity index is 2.00. The van der Waals surface area contributed by atoms with Crippen molar-refractivity contribution in [3.63, 3.8) is 0 Å². The van der Waals surface area contributed by atoms with Gasteiger partial charge in [-0.3, -0.25) is 0 Å². The van der Waals surface area contributed by atoms with E-state index >= 15 is 0 Å². The molecule has 0 spiro atoms. The van der Waals surface area contributed by atoms with Crippen LogP contribution in [0, 0.1) is 11.6 Å². The molecule has 1 saturated heterocycles. The first-order chi connectivity index (χ1) is 8.16. The van der Waals surface area contributed by atoms with E-state index in [2.05, 4.69) is 5.32 Å². The molecule has 17 heavy (non-hydrogen) atoms. The summed E-state index contributed by atoms with van der Waals surface area (Å²) in [6.07, 6.45) is 2.35. The minimum Gasteiger partial charge on any atom is -0.307 e. The number of nitrogens with one attached hydrogen (secondary N) is 1. The van der Waals surface area contributed by atoms with Gasteiger partial charge >= 0.3 is 0 Å². The summed E-state index contributed by atoms with van der Waals surface area (Å²) in [4.78, 5) is 0. The molecule has 0 aliphatic carbocycles. The SMILES string of the molecule is CC(NC1CCCSC1)c1ccc(F)cc1F. The molecule has 1 N–H and O–H groups in total. The summed E-state index contributed by atoms with van der Waals surface area (Å²) in [5.41, 5.74) is 0.543. The topological polar surface area (TPSA) is 12.0 Å². The van der Waals surface area contributed by atoms with E-state index in [9.17, 15) is 8.78 Å². The molecule has 1 fully saturated rings. The molecule has 0 bridgehead atoms. The van der Waals surface area contributed by atoms with Gasteiger partial charge in [-0.05, 0) is 31.6 Å². The van der Waals surface area contributed by atoms with E-state index in [1.165, 1.54) is 24.3 Å². The van der Waals surface area contributed by atoms with Gasteiger partial charge in [0.05, 0.1) is 0 Å². The molecule has 1 aliphatic heterocycles. The van der Waals surface area contributed by atoms with Crippen molar-refractivity contribution in [2.45, 2.75) is 31.8 Å². The van der Waals surface area contributed by atoms with E-state index in [0.717, 1.165) is 18.2 Å². The van der Waals surface area contributed by atoms with Crippen LogP contribution in [0.5, 0.6) is 0 Å². The third-order valence-corrected chi connectivity index (χ3v) is 4.29. The second kappa shape index (κ2) is 5.83. The maximum Gasteiger partial charge on any atom is 0.130 e. The average molecular weight is 257 g/mol. The molecule has 1 heterocycles. The summed E-state index contributed by atoms with van der Waals surface area (Å²) in [7, 11) is 0. The molecule has 1 aromatic rings. The molecule has 1 aliphatic rings. The Morgan fingerprint density at radius 2 is 2.24 bits per heavy atom. The van der Waals surface area contributed by atoms with Crippen molar-refractivity contribution in [3.8, 4) is 0 Å². The molecule has 0 amide bonds. The molecule has 94 valence electrons. The summed E-state index contributed by atoms with van der Waals surface area (Å²) in [5, 5.41) is 3.41. The number of hydrogen-bond donors (Lipinski definition) is 1. The minimum absolute atomic E-state index is 0.0701. The number of benzene rings is 1. The molecule has 0 saturated carbocycles.